The van der Waals surface area contributed by atoms with E-state index in [1.165, 1.54) is 7.11 Å². The fourth-order valence-corrected chi connectivity index (χ4v) is 2.62. The second-order valence-electron chi connectivity index (χ2n) is 4.04. The molecule has 0 unspecified atom stereocenters. The fraction of sp³-hybridized carbons (Fsp3) is 0.636. The van der Waals surface area contributed by atoms with Gasteiger partial charge in [0.15, 0.2) is 5.41 Å². The molecule has 0 aromatic rings. The van der Waals surface area contributed by atoms with Gasteiger partial charge in [0.1, 0.15) is 0 Å². The van der Waals surface area contributed by atoms with Crippen LogP contribution in [-0.2, 0) is 19.1 Å². The first-order chi connectivity index (χ1) is 7.14. The Labute approximate surface area is 88.2 Å². The molecule has 1 fully saturated rings. The number of rotatable bonds is 1. The number of hydrogen-bond acceptors (Lipinski definition) is 4. The molecule has 0 radical (unpaired) electrons. The minimum absolute atomic E-state index is 0.0196. The number of cyclic esters (lactones) is 1. The van der Waals surface area contributed by atoms with E-state index in [9.17, 15) is 9.59 Å². The molecule has 4 heteroatoms. The number of methoxy groups -OCH3 is 1. The van der Waals surface area contributed by atoms with Gasteiger partial charge in [0, 0.05) is 0 Å². The first kappa shape index (κ1) is 10.2. The van der Waals surface area contributed by atoms with Crippen molar-refractivity contribution in [3.05, 3.63) is 11.6 Å². The van der Waals surface area contributed by atoms with Crippen molar-refractivity contribution in [2.45, 2.75) is 19.8 Å². The number of allylic oxidation sites excluding steroid dienone is 1. The second-order valence-corrected chi connectivity index (χ2v) is 4.04. The zero-order valence-electron chi connectivity index (χ0n) is 8.91. The topological polar surface area (TPSA) is 52.6 Å². The van der Waals surface area contributed by atoms with Crippen LogP contribution in [0.4, 0.5) is 0 Å². The molecule has 0 amide bonds. The summed E-state index contributed by atoms with van der Waals surface area (Å²) in [6.45, 7) is 2.20. The van der Waals surface area contributed by atoms with Crippen molar-refractivity contribution in [2.75, 3.05) is 13.7 Å². The highest BCUT2D eigenvalue weighted by molar-refractivity contribution is 6.04. The molecule has 1 saturated heterocycles. The molecule has 0 aromatic heterocycles. The van der Waals surface area contributed by atoms with Crippen molar-refractivity contribution in [3.8, 4) is 0 Å². The molecule has 1 aliphatic heterocycles. The maximum absolute atomic E-state index is 11.8. The molecular weight excluding hydrogens is 196 g/mol. The summed E-state index contributed by atoms with van der Waals surface area (Å²) in [5.74, 6) is -0.911. The van der Waals surface area contributed by atoms with Gasteiger partial charge in [-0.1, -0.05) is 6.08 Å². The molecule has 0 aromatic carbocycles. The number of fused-ring (bicyclic) bond motifs is 1. The molecule has 2 aliphatic rings. The summed E-state index contributed by atoms with van der Waals surface area (Å²) < 4.78 is 9.76. The van der Waals surface area contributed by atoms with Crippen LogP contribution in [0.5, 0.6) is 0 Å². The summed E-state index contributed by atoms with van der Waals surface area (Å²) >= 11 is 0. The third-order valence-corrected chi connectivity index (χ3v) is 3.47. The number of carbonyl (C=O) groups is 2. The minimum atomic E-state index is -1.15. The zero-order chi connectivity index (χ0) is 11.1. The lowest BCUT2D eigenvalue weighted by Gasteiger charge is -2.36. The Morgan fingerprint density at radius 2 is 2.40 bits per heavy atom. The van der Waals surface area contributed by atoms with Gasteiger partial charge in [0.05, 0.1) is 13.7 Å². The summed E-state index contributed by atoms with van der Waals surface area (Å²) in [5, 5.41) is 0. The van der Waals surface area contributed by atoms with E-state index in [-0.39, 0.29) is 5.92 Å². The average molecular weight is 210 g/mol. The lowest BCUT2D eigenvalue weighted by Crippen LogP contribution is -2.49. The standard InChI is InChI=1S/C11H14O4/c1-7-3-4-8-5-6-15-10(13)11(7,8)9(12)14-2/h3,8H,4-6H2,1-2H3/t8-,11-/m1/s1. The van der Waals surface area contributed by atoms with Crippen molar-refractivity contribution in [1.29, 1.82) is 0 Å². The molecule has 0 spiro atoms. The van der Waals surface area contributed by atoms with Gasteiger partial charge in [-0.25, -0.2) is 0 Å². The van der Waals surface area contributed by atoms with Crippen LogP contribution in [0.2, 0.25) is 0 Å². The molecule has 2 rings (SSSR count). The molecular formula is C11H14O4. The second kappa shape index (κ2) is 3.36. The summed E-state index contributed by atoms with van der Waals surface area (Å²) in [5.41, 5.74) is -0.378. The van der Waals surface area contributed by atoms with Crippen LogP contribution >= 0.6 is 0 Å². The molecule has 1 heterocycles. The van der Waals surface area contributed by atoms with Gasteiger partial charge in [0.25, 0.3) is 0 Å². The summed E-state index contributed by atoms with van der Waals surface area (Å²) in [7, 11) is 1.31. The SMILES string of the molecule is COC(=O)[C@]12C(=O)OCC[C@H]1CC=C2C. The van der Waals surface area contributed by atoms with Gasteiger partial charge in [-0.15, -0.1) is 0 Å². The van der Waals surface area contributed by atoms with Gasteiger partial charge in [-0.05, 0) is 31.3 Å². The third kappa shape index (κ3) is 1.14. The molecule has 4 nitrogen and oxygen atoms in total. The smallest absolute Gasteiger partial charge is 0.328 e. The van der Waals surface area contributed by atoms with Crippen molar-refractivity contribution in [3.63, 3.8) is 0 Å². The van der Waals surface area contributed by atoms with E-state index >= 15 is 0 Å². The van der Waals surface area contributed by atoms with Crippen LogP contribution in [-0.4, -0.2) is 25.7 Å². The molecule has 0 saturated carbocycles. The van der Waals surface area contributed by atoms with E-state index in [4.69, 9.17) is 9.47 Å². The fourth-order valence-electron chi connectivity index (χ4n) is 2.62. The van der Waals surface area contributed by atoms with E-state index in [0.717, 1.165) is 18.4 Å². The van der Waals surface area contributed by atoms with Gasteiger partial charge in [-0.3, -0.25) is 9.59 Å². The minimum Gasteiger partial charge on any atom is -0.468 e. The van der Waals surface area contributed by atoms with Crippen molar-refractivity contribution < 1.29 is 19.1 Å². The van der Waals surface area contributed by atoms with E-state index in [1.807, 2.05) is 6.08 Å². The van der Waals surface area contributed by atoms with Crippen molar-refractivity contribution in [1.82, 2.24) is 0 Å². The highest BCUT2D eigenvalue weighted by Crippen LogP contribution is 2.49. The first-order valence-corrected chi connectivity index (χ1v) is 5.07. The Hall–Kier alpha value is -1.32. The maximum atomic E-state index is 11.8. The van der Waals surface area contributed by atoms with Crippen LogP contribution in [0, 0.1) is 11.3 Å². The average Bonchev–Trinajstić information content (AvgIpc) is 2.58. The maximum Gasteiger partial charge on any atom is 0.328 e. The predicted molar refractivity (Wildman–Crippen MR) is 51.9 cm³/mol. The van der Waals surface area contributed by atoms with E-state index in [2.05, 4.69) is 0 Å². The van der Waals surface area contributed by atoms with Gasteiger partial charge in [-0.2, -0.15) is 0 Å². The molecule has 0 bridgehead atoms. The largest absolute Gasteiger partial charge is 0.468 e. The van der Waals surface area contributed by atoms with Crippen molar-refractivity contribution in [2.24, 2.45) is 11.3 Å². The van der Waals surface area contributed by atoms with E-state index < -0.39 is 17.4 Å². The Bertz CT molecular complexity index is 334. The van der Waals surface area contributed by atoms with Gasteiger partial charge < -0.3 is 9.47 Å². The molecule has 1 aliphatic carbocycles. The molecule has 2 atom stereocenters. The number of ether oxygens (including phenoxy) is 2. The number of carbonyl (C=O) groups excluding carboxylic acids is 2. The van der Waals surface area contributed by atoms with Crippen LogP contribution in [0.3, 0.4) is 0 Å². The highest BCUT2D eigenvalue weighted by Gasteiger charge is 2.59. The Balaban J connectivity index is 2.47. The van der Waals surface area contributed by atoms with E-state index in [0.29, 0.717) is 6.61 Å². The highest BCUT2D eigenvalue weighted by atomic mass is 16.6. The van der Waals surface area contributed by atoms with Crippen LogP contribution < -0.4 is 0 Å². The summed E-state index contributed by atoms with van der Waals surface area (Å²) in [4.78, 5) is 23.7. The Morgan fingerprint density at radius 3 is 3.07 bits per heavy atom. The molecule has 0 N–H and O–H groups in total. The third-order valence-electron chi connectivity index (χ3n) is 3.47. The van der Waals surface area contributed by atoms with E-state index in [1.54, 1.807) is 6.92 Å². The van der Waals surface area contributed by atoms with Gasteiger partial charge >= 0.3 is 11.9 Å². The van der Waals surface area contributed by atoms with Crippen LogP contribution in [0.1, 0.15) is 19.8 Å². The first-order valence-electron chi connectivity index (χ1n) is 5.07. The zero-order valence-corrected chi connectivity index (χ0v) is 8.91. The Kier molecular flexibility index (Phi) is 2.29. The van der Waals surface area contributed by atoms with Crippen LogP contribution in [0.15, 0.2) is 11.6 Å². The number of hydrogen-bond donors (Lipinski definition) is 0. The normalized spacial score (nSPS) is 34.1. The summed E-state index contributed by atoms with van der Waals surface area (Å²) in [6, 6.07) is 0. The lowest BCUT2D eigenvalue weighted by molar-refractivity contribution is -0.177. The van der Waals surface area contributed by atoms with Crippen LogP contribution in [0.25, 0.3) is 0 Å². The summed E-state index contributed by atoms with van der Waals surface area (Å²) in [6.07, 6.45) is 3.43. The molecule has 82 valence electrons. The van der Waals surface area contributed by atoms with Crippen molar-refractivity contribution >= 4 is 11.9 Å². The quantitative estimate of drug-likeness (QED) is 0.369. The number of esters is 2. The lowest BCUT2D eigenvalue weighted by atomic mass is 9.71. The predicted octanol–water partition coefficient (Wildman–Crippen LogP) is 1.06. The molecule has 15 heavy (non-hydrogen) atoms. The van der Waals surface area contributed by atoms with Gasteiger partial charge in [0.2, 0.25) is 0 Å². The monoisotopic (exact) mass is 210 g/mol. The Morgan fingerprint density at radius 1 is 1.67 bits per heavy atom.